The molecule has 2 aliphatic rings. The van der Waals surface area contributed by atoms with Gasteiger partial charge in [0, 0.05) is 17.5 Å². The lowest BCUT2D eigenvalue weighted by atomic mass is 10.1. The summed E-state index contributed by atoms with van der Waals surface area (Å²) >= 11 is 1.72. The number of hydrogen-bond donors (Lipinski definition) is 0. The number of benzene rings is 1. The highest BCUT2D eigenvalue weighted by Crippen LogP contribution is 2.42. The number of anilines is 1. The number of rotatable bonds is 3. The van der Waals surface area contributed by atoms with Crippen LogP contribution in [0.2, 0.25) is 0 Å². The minimum absolute atomic E-state index is 0.0303. The first kappa shape index (κ1) is 14.8. The van der Waals surface area contributed by atoms with E-state index >= 15 is 0 Å². The van der Waals surface area contributed by atoms with Crippen molar-refractivity contribution in [2.45, 2.75) is 36.9 Å². The predicted octanol–water partition coefficient (Wildman–Crippen LogP) is 3.21. The Balaban J connectivity index is 1.76. The molecule has 0 saturated carbocycles. The van der Waals surface area contributed by atoms with Gasteiger partial charge in [-0.2, -0.15) is 0 Å². The molecule has 0 bridgehead atoms. The van der Waals surface area contributed by atoms with Gasteiger partial charge in [-0.3, -0.25) is 14.6 Å². The summed E-state index contributed by atoms with van der Waals surface area (Å²) in [4.78, 5) is 18.2. The maximum atomic E-state index is 12.9. The summed E-state index contributed by atoms with van der Waals surface area (Å²) in [5, 5.41) is 4.08. The zero-order chi connectivity index (χ0) is 16.0. The number of carbonyl (C=O) groups is 1. The van der Waals surface area contributed by atoms with Crippen LogP contribution < -0.4 is 4.90 Å². The number of nitrogens with zero attached hydrogens (tertiary/aromatic N) is 3. The normalized spacial score (nSPS) is 24.4. The van der Waals surface area contributed by atoms with Crippen molar-refractivity contribution >= 4 is 23.5 Å². The molecule has 5 nitrogen and oxygen atoms in total. The second-order valence-electron chi connectivity index (χ2n) is 6.05. The van der Waals surface area contributed by atoms with Gasteiger partial charge in [0.2, 0.25) is 5.91 Å². The van der Waals surface area contributed by atoms with Gasteiger partial charge in [-0.25, -0.2) is 0 Å². The van der Waals surface area contributed by atoms with Crippen LogP contribution in [0, 0.1) is 6.92 Å². The molecule has 2 unspecified atom stereocenters. The van der Waals surface area contributed by atoms with Crippen LogP contribution in [0.5, 0.6) is 0 Å². The van der Waals surface area contributed by atoms with Crippen LogP contribution in [0.1, 0.15) is 30.3 Å². The van der Waals surface area contributed by atoms with Crippen molar-refractivity contribution in [2.75, 3.05) is 17.7 Å². The minimum Gasteiger partial charge on any atom is -0.360 e. The summed E-state index contributed by atoms with van der Waals surface area (Å²) in [7, 11) is 0. The van der Waals surface area contributed by atoms with Crippen molar-refractivity contribution in [3.05, 3.63) is 41.7 Å². The fourth-order valence-electron chi connectivity index (χ4n) is 3.60. The van der Waals surface area contributed by atoms with E-state index in [1.54, 1.807) is 16.7 Å². The Labute approximate surface area is 139 Å². The summed E-state index contributed by atoms with van der Waals surface area (Å²) < 4.78 is 5.20. The topological polar surface area (TPSA) is 49.6 Å². The largest absolute Gasteiger partial charge is 0.360 e. The fourth-order valence-corrected chi connectivity index (χ4v) is 4.01. The van der Waals surface area contributed by atoms with Gasteiger partial charge < -0.3 is 4.52 Å². The molecular weight excluding hydrogens is 310 g/mol. The third-order valence-electron chi connectivity index (χ3n) is 4.65. The van der Waals surface area contributed by atoms with E-state index in [4.69, 9.17) is 4.52 Å². The average Bonchev–Trinajstić information content (AvgIpc) is 3.25. The van der Waals surface area contributed by atoms with E-state index in [0.717, 1.165) is 30.7 Å². The van der Waals surface area contributed by atoms with Crippen LogP contribution in [-0.2, 0) is 4.79 Å². The number of fused-ring (bicyclic) bond motifs is 1. The van der Waals surface area contributed by atoms with Gasteiger partial charge >= 0.3 is 0 Å². The molecule has 1 aromatic carbocycles. The second-order valence-corrected chi connectivity index (χ2v) is 6.93. The van der Waals surface area contributed by atoms with E-state index in [0.29, 0.717) is 5.82 Å². The lowest BCUT2D eigenvalue weighted by molar-refractivity contribution is -0.119. The van der Waals surface area contributed by atoms with Crippen molar-refractivity contribution in [1.82, 2.24) is 10.1 Å². The number of amides is 1. The number of aromatic nitrogens is 1. The lowest BCUT2D eigenvalue weighted by Gasteiger charge is -2.28. The predicted molar refractivity (Wildman–Crippen MR) is 89.4 cm³/mol. The lowest BCUT2D eigenvalue weighted by Crippen LogP contribution is -2.32. The van der Waals surface area contributed by atoms with Crippen LogP contribution in [0.3, 0.4) is 0 Å². The number of hydrogen-bond acceptors (Lipinski definition) is 5. The van der Waals surface area contributed by atoms with Crippen molar-refractivity contribution in [2.24, 2.45) is 0 Å². The fraction of sp³-hybridized carbons (Fsp3) is 0.412. The Kier molecular flexibility index (Phi) is 3.66. The first-order valence-electron chi connectivity index (χ1n) is 7.85. The minimum atomic E-state index is -0.0876. The molecular formula is C17H19N3O2S. The summed E-state index contributed by atoms with van der Waals surface area (Å²) in [5.74, 6) is 1.46. The zero-order valence-corrected chi connectivity index (χ0v) is 14.0. The SMILES string of the molecule is CSc1ccc(C2N(c3cc(C)on3)C(=O)C3CCCN32)cc1. The summed E-state index contributed by atoms with van der Waals surface area (Å²) in [5.41, 5.74) is 1.13. The molecule has 1 aromatic heterocycles. The van der Waals surface area contributed by atoms with E-state index in [2.05, 4.69) is 40.6 Å². The maximum absolute atomic E-state index is 12.9. The van der Waals surface area contributed by atoms with Gasteiger partial charge in [0.25, 0.3) is 0 Å². The second kappa shape index (κ2) is 5.69. The van der Waals surface area contributed by atoms with Gasteiger partial charge in [0.15, 0.2) is 5.82 Å². The first-order valence-corrected chi connectivity index (χ1v) is 9.07. The molecule has 0 radical (unpaired) electrons. The molecule has 1 amide bonds. The van der Waals surface area contributed by atoms with E-state index in [1.807, 2.05) is 13.0 Å². The highest BCUT2D eigenvalue weighted by Gasteiger charge is 2.50. The van der Waals surface area contributed by atoms with Gasteiger partial charge in [0.05, 0.1) is 6.04 Å². The summed E-state index contributed by atoms with van der Waals surface area (Å²) in [6.07, 6.45) is 3.97. The molecule has 2 aliphatic heterocycles. The van der Waals surface area contributed by atoms with Gasteiger partial charge in [-0.05, 0) is 43.7 Å². The third kappa shape index (κ3) is 2.37. The van der Waals surface area contributed by atoms with Crippen LogP contribution in [0.4, 0.5) is 5.82 Å². The standard InChI is InChI=1S/C17H19N3O2S/c1-11-10-15(18-22-11)20-16(12-5-7-13(23-2)8-6-12)19-9-3-4-14(19)17(20)21/h5-8,10,14,16H,3-4,9H2,1-2H3. The molecule has 120 valence electrons. The van der Waals surface area contributed by atoms with Crippen molar-refractivity contribution in [3.63, 3.8) is 0 Å². The Hall–Kier alpha value is -1.79. The van der Waals surface area contributed by atoms with Crippen LogP contribution >= 0.6 is 11.8 Å². The van der Waals surface area contributed by atoms with Gasteiger partial charge in [-0.15, -0.1) is 11.8 Å². The van der Waals surface area contributed by atoms with Crippen molar-refractivity contribution in [3.8, 4) is 0 Å². The number of aryl methyl sites for hydroxylation is 1. The number of carbonyl (C=O) groups excluding carboxylic acids is 1. The third-order valence-corrected chi connectivity index (χ3v) is 5.40. The molecule has 6 heteroatoms. The van der Waals surface area contributed by atoms with Crippen LogP contribution in [0.15, 0.2) is 39.8 Å². The van der Waals surface area contributed by atoms with Gasteiger partial charge in [0.1, 0.15) is 11.9 Å². The molecule has 0 spiro atoms. The summed E-state index contributed by atoms with van der Waals surface area (Å²) in [6.45, 7) is 2.79. The highest BCUT2D eigenvalue weighted by molar-refractivity contribution is 7.98. The summed E-state index contributed by atoms with van der Waals surface area (Å²) in [6, 6.07) is 10.3. The van der Waals surface area contributed by atoms with E-state index in [-0.39, 0.29) is 18.1 Å². The monoisotopic (exact) mass is 329 g/mol. The Morgan fingerprint density at radius 1 is 1.30 bits per heavy atom. The molecule has 2 saturated heterocycles. The maximum Gasteiger partial charge on any atom is 0.247 e. The number of thioether (sulfide) groups is 1. The quantitative estimate of drug-likeness (QED) is 0.809. The van der Waals surface area contributed by atoms with Crippen molar-refractivity contribution in [1.29, 1.82) is 0 Å². The Morgan fingerprint density at radius 3 is 2.74 bits per heavy atom. The molecule has 3 heterocycles. The molecule has 2 fully saturated rings. The average molecular weight is 329 g/mol. The van der Waals surface area contributed by atoms with Crippen LogP contribution in [-0.4, -0.2) is 34.8 Å². The highest BCUT2D eigenvalue weighted by atomic mass is 32.2. The van der Waals surface area contributed by atoms with Crippen LogP contribution in [0.25, 0.3) is 0 Å². The molecule has 4 rings (SSSR count). The van der Waals surface area contributed by atoms with Gasteiger partial charge in [-0.1, -0.05) is 17.3 Å². The van der Waals surface area contributed by atoms with E-state index < -0.39 is 0 Å². The van der Waals surface area contributed by atoms with E-state index in [9.17, 15) is 4.79 Å². The molecule has 0 N–H and O–H groups in total. The molecule has 2 aromatic rings. The van der Waals surface area contributed by atoms with Crippen molar-refractivity contribution < 1.29 is 9.32 Å². The molecule has 2 atom stereocenters. The Bertz CT molecular complexity index is 728. The first-order chi connectivity index (χ1) is 11.2. The smallest absolute Gasteiger partial charge is 0.247 e. The molecule has 0 aliphatic carbocycles. The Morgan fingerprint density at radius 2 is 2.09 bits per heavy atom. The zero-order valence-electron chi connectivity index (χ0n) is 13.2. The molecule has 23 heavy (non-hydrogen) atoms. The van der Waals surface area contributed by atoms with E-state index in [1.165, 1.54) is 4.90 Å².